The van der Waals surface area contributed by atoms with Crippen molar-refractivity contribution in [1.82, 2.24) is 9.97 Å². The lowest BCUT2D eigenvalue weighted by atomic mass is 10.2. The fraction of sp³-hybridized carbons (Fsp3) is 0. The average Bonchev–Trinajstić information content (AvgIpc) is 3.33. The minimum Gasteiger partial charge on any atom is -0.297 e. The number of nitrogens with one attached hydrogen (secondary N) is 1. The molecule has 0 saturated carbocycles. The zero-order valence-corrected chi connectivity index (χ0v) is 15.0. The van der Waals surface area contributed by atoms with Crippen LogP contribution in [0.4, 0.5) is 9.52 Å². The van der Waals surface area contributed by atoms with Gasteiger partial charge in [0, 0.05) is 22.0 Å². The zero-order chi connectivity index (χ0) is 17.9. The fourth-order valence-corrected chi connectivity index (χ4v) is 4.02. The second-order valence-corrected chi connectivity index (χ2v) is 7.29. The number of benzene rings is 1. The second-order valence-electron chi connectivity index (χ2n) is 5.35. The molecule has 1 aromatic carbocycles. The molecule has 128 valence electrons. The van der Waals surface area contributed by atoms with Crippen molar-refractivity contribution in [2.75, 3.05) is 5.32 Å². The maximum absolute atomic E-state index is 13.9. The highest BCUT2D eigenvalue weighted by Crippen LogP contribution is 2.31. The Labute approximate surface area is 157 Å². The van der Waals surface area contributed by atoms with Gasteiger partial charge in [0.15, 0.2) is 5.13 Å². The summed E-state index contributed by atoms with van der Waals surface area (Å²) in [6.07, 6.45) is 1.70. The SMILES string of the molecule is O=C(Nc1nc(-c2ccccn2)cs1)c1ccc(-c2ccccc2F)s1. The number of pyridine rings is 1. The molecule has 0 aliphatic rings. The Hall–Kier alpha value is -2.90. The van der Waals surface area contributed by atoms with Gasteiger partial charge in [-0.3, -0.25) is 15.1 Å². The third-order valence-electron chi connectivity index (χ3n) is 3.62. The summed E-state index contributed by atoms with van der Waals surface area (Å²) in [6, 6.07) is 15.5. The number of hydrogen-bond donors (Lipinski definition) is 1. The van der Waals surface area contributed by atoms with E-state index in [-0.39, 0.29) is 11.7 Å². The minimum absolute atomic E-state index is 0.264. The molecule has 0 saturated heterocycles. The van der Waals surface area contributed by atoms with Crippen molar-refractivity contribution in [2.24, 2.45) is 0 Å². The van der Waals surface area contributed by atoms with Crippen LogP contribution in [-0.4, -0.2) is 15.9 Å². The molecule has 26 heavy (non-hydrogen) atoms. The maximum Gasteiger partial charge on any atom is 0.267 e. The summed E-state index contributed by atoms with van der Waals surface area (Å²) in [6.45, 7) is 0. The molecule has 1 amide bonds. The first-order valence-electron chi connectivity index (χ1n) is 7.74. The Morgan fingerprint density at radius 3 is 2.65 bits per heavy atom. The summed E-state index contributed by atoms with van der Waals surface area (Å²) in [5.41, 5.74) is 1.95. The van der Waals surface area contributed by atoms with E-state index in [1.165, 1.54) is 28.7 Å². The highest BCUT2D eigenvalue weighted by atomic mass is 32.1. The number of rotatable bonds is 4. The number of amides is 1. The molecular weight excluding hydrogens is 369 g/mol. The normalized spacial score (nSPS) is 10.7. The smallest absolute Gasteiger partial charge is 0.267 e. The number of aromatic nitrogens is 2. The predicted octanol–water partition coefficient (Wildman–Crippen LogP) is 5.33. The lowest BCUT2D eigenvalue weighted by Gasteiger charge is -2.00. The van der Waals surface area contributed by atoms with Gasteiger partial charge in [-0.05, 0) is 30.3 Å². The number of carbonyl (C=O) groups is 1. The molecule has 4 aromatic rings. The van der Waals surface area contributed by atoms with E-state index in [0.717, 1.165) is 5.69 Å². The van der Waals surface area contributed by atoms with Crippen LogP contribution in [0.1, 0.15) is 9.67 Å². The minimum atomic E-state index is -0.304. The molecule has 7 heteroatoms. The van der Waals surface area contributed by atoms with Crippen molar-refractivity contribution >= 4 is 33.7 Å². The van der Waals surface area contributed by atoms with E-state index in [0.29, 0.717) is 26.1 Å². The van der Waals surface area contributed by atoms with E-state index < -0.39 is 0 Å². The van der Waals surface area contributed by atoms with Crippen LogP contribution in [0.5, 0.6) is 0 Å². The summed E-state index contributed by atoms with van der Waals surface area (Å²) in [7, 11) is 0. The van der Waals surface area contributed by atoms with Gasteiger partial charge in [0.25, 0.3) is 5.91 Å². The van der Waals surface area contributed by atoms with Crippen LogP contribution in [0.15, 0.2) is 66.2 Å². The number of halogens is 1. The Bertz CT molecular complexity index is 1060. The lowest BCUT2D eigenvalue weighted by molar-refractivity contribution is 0.103. The van der Waals surface area contributed by atoms with Gasteiger partial charge in [-0.25, -0.2) is 9.37 Å². The third-order valence-corrected chi connectivity index (χ3v) is 5.50. The van der Waals surface area contributed by atoms with Gasteiger partial charge in [-0.15, -0.1) is 22.7 Å². The summed E-state index contributed by atoms with van der Waals surface area (Å²) in [5.74, 6) is -0.569. The van der Waals surface area contributed by atoms with Crippen LogP contribution in [0.3, 0.4) is 0 Å². The fourth-order valence-electron chi connectivity index (χ4n) is 2.39. The zero-order valence-electron chi connectivity index (χ0n) is 13.3. The van der Waals surface area contributed by atoms with Crippen molar-refractivity contribution < 1.29 is 9.18 Å². The number of thiazole rings is 1. The molecule has 0 atom stereocenters. The molecule has 0 aliphatic carbocycles. The Balaban J connectivity index is 1.51. The van der Waals surface area contributed by atoms with Crippen LogP contribution in [-0.2, 0) is 0 Å². The van der Waals surface area contributed by atoms with Crippen molar-refractivity contribution in [2.45, 2.75) is 0 Å². The highest BCUT2D eigenvalue weighted by molar-refractivity contribution is 7.17. The van der Waals surface area contributed by atoms with Gasteiger partial charge in [-0.2, -0.15) is 0 Å². The van der Waals surface area contributed by atoms with Crippen LogP contribution in [0.25, 0.3) is 21.8 Å². The van der Waals surface area contributed by atoms with E-state index in [1.54, 1.807) is 36.5 Å². The molecular formula is C19H12FN3OS2. The van der Waals surface area contributed by atoms with Gasteiger partial charge in [0.05, 0.1) is 10.6 Å². The predicted molar refractivity (Wildman–Crippen MR) is 103 cm³/mol. The topological polar surface area (TPSA) is 54.9 Å². The first kappa shape index (κ1) is 16.6. The largest absolute Gasteiger partial charge is 0.297 e. The van der Waals surface area contributed by atoms with Gasteiger partial charge in [-0.1, -0.05) is 24.3 Å². The summed E-state index contributed by atoms with van der Waals surface area (Å²) >= 11 is 2.58. The molecule has 0 aliphatic heterocycles. The Morgan fingerprint density at radius 2 is 1.85 bits per heavy atom. The molecule has 4 nitrogen and oxygen atoms in total. The van der Waals surface area contributed by atoms with Gasteiger partial charge in [0.2, 0.25) is 0 Å². The van der Waals surface area contributed by atoms with E-state index in [1.807, 2.05) is 23.6 Å². The van der Waals surface area contributed by atoms with Crippen molar-refractivity contribution in [3.63, 3.8) is 0 Å². The molecule has 1 N–H and O–H groups in total. The van der Waals surface area contributed by atoms with Crippen molar-refractivity contribution in [3.8, 4) is 21.8 Å². The summed E-state index contributed by atoms with van der Waals surface area (Å²) < 4.78 is 13.9. The monoisotopic (exact) mass is 381 g/mol. The second kappa shape index (κ2) is 7.15. The molecule has 0 bridgehead atoms. The van der Waals surface area contributed by atoms with Gasteiger partial charge in [0.1, 0.15) is 11.5 Å². The third kappa shape index (κ3) is 3.40. The van der Waals surface area contributed by atoms with E-state index in [4.69, 9.17) is 0 Å². The molecule has 3 aromatic heterocycles. The van der Waals surface area contributed by atoms with E-state index in [2.05, 4.69) is 15.3 Å². The van der Waals surface area contributed by atoms with Crippen LogP contribution in [0, 0.1) is 5.82 Å². The molecule has 0 spiro atoms. The first-order valence-corrected chi connectivity index (χ1v) is 9.43. The molecule has 0 radical (unpaired) electrons. The lowest BCUT2D eigenvalue weighted by Crippen LogP contribution is -2.09. The number of nitrogens with zero attached hydrogens (tertiary/aromatic N) is 2. The van der Waals surface area contributed by atoms with Crippen LogP contribution < -0.4 is 5.32 Å². The number of carbonyl (C=O) groups excluding carboxylic acids is 1. The number of hydrogen-bond acceptors (Lipinski definition) is 5. The highest BCUT2D eigenvalue weighted by Gasteiger charge is 2.14. The number of anilines is 1. The molecule has 0 unspecified atom stereocenters. The number of thiophene rings is 1. The quantitative estimate of drug-likeness (QED) is 0.520. The summed E-state index contributed by atoms with van der Waals surface area (Å²) in [5, 5.41) is 5.13. The average molecular weight is 381 g/mol. The van der Waals surface area contributed by atoms with E-state index in [9.17, 15) is 9.18 Å². The Morgan fingerprint density at radius 1 is 1.00 bits per heavy atom. The maximum atomic E-state index is 13.9. The standard InChI is InChI=1S/C19H12FN3OS2/c20-13-6-2-1-5-12(13)16-8-9-17(26-16)18(24)23-19-22-15(11-25-19)14-7-3-4-10-21-14/h1-11H,(H,22,23,24). The molecule has 3 heterocycles. The Kier molecular flexibility index (Phi) is 4.55. The van der Waals surface area contributed by atoms with Crippen LogP contribution in [0.2, 0.25) is 0 Å². The van der Waals surface area contributed by atoms with Crippen LogP contribution >= 0.6 is 22.7 Å². The molecule has 0 fully saturated rings. The van der Waals surface area contributed by atoms with Gasteiger partial charge >= 0.3 is 0 Å². The van der Waals surface area contributed by atoms with Crippen molar-refractivity contribution in [1.29, 1.82) is 0 Å². The van der Waals surface area contributed by atoms with Crippen molar-refractivity contribution in [3.05, 3.63) is 76.9 Å². The van der Waals surface area contributed by atoms with Gasteiger partial charge < -0.3 is 0 Å². The first-order chi connectivity index (χ1) is 12.7. The molecule has 4 rings (SSSR count). The summed E-state index contributed by atoms with van der Waals surface area (Å²) in [4.78, 5) is 22.3. The van der Waals surface area contributed by atoms with E-state index >= 15 is 0 Å².